The molecular weight excluding hydrogens is 368 g/mol. The van der Waals surface area contributed by atoms with Gasteiger partial charge in [-0.2, -0.15) is 4.31 Å². The molecule has 2 aliphatic rings. The molecule has 1 aromatic carbocycles. The third kappa shape index (κ3) is 3.53. The summed E-state index contributed by atoms with van der Waals surface area (Å²) < 4.78 is 53.6. The van der Waals surface area contributed by atoms with Crippen LogP contribution in [0.15, 0.2) is 18.2 Å². The summed E-state index contributed by atoms with van der Waals surface area (Å²) in [6.45, 7) is 0.827. The van der Waals surface area contributed by atoms with Gasteiger partial charge in [0, 0.05) is 32.2 Å². The van der Waals surface area contributed by atoms with E-state index in [1.807, 2.05) is 0 Å². The number of hydrogen-bond acceptors (Lipinski definition) is 5. The third-order valence-electron chi connectivity index (χ3n) is 5.24. The second-order valence-electron chi connectivity index (χ2n) is 6.81. The normalized spacial score (nSPS) is 20.5. The first-order chi connectivity index (χ1) is 12.3. The Morgan fingerprint density at radius 3 is 2.35 bits per heavy atom. The van der Waals surface area contributed by atoms with Crippen LogP contribution in [0.3, 0.4) is 0 Å². The van der Waals surface area contributed by atoms with E-state index in [0.717, 1.165) is 18.6 Å². The smallest absolute Gasteiger partial charge is 0.250 e. The topological polar surface area (TPSA) is 89.9 Å². The van der Waals surface area contributed by atoms with E-state index in [1.54, 1.807) is 10.4 Å². The zero-order valence-corrected chi connectivity index (χ0v) is 14.9. The highest BCUT2D eigenvalue weighted by molar-refractivity contribution is 7.89. The number of hydrogen-bond donors (Lipinski definition) is 2. The van der Waals surface area contributed by atoms with Crippen molar-refractivity contribution in [3.05, 3.63) is 29.8 Å². The maximum absolute atomic E-state index is 13.9. The fraction of sp³-hybridized carbons (Fsp3) is 0.562. The number of piperazine rings is 1. The van der Waals surface area contributed by atoms with Crippen LogP contribution in [-0.4, -0.2) is 55.8 Å². The molecular formula is C16H21F2N3O4S. The summed E-state index contributed by atoms with van der Waals surface area (Å²) in [5.74, 6) is -2.37. The summed E-state index contributed by atoms with van der Waals surface area (Å²) in [5.41, 5.74) is 0.729. The van der Waals surface area contributed by atoms with Crippen molar-refractivity contribution >= 4 is 21.6 Å². The minimum Gasteiger partial charge on any atom is -0.367 e. The van der Waals surface area contributed by atoms with Gasteiger partial charge in [0.05, 0.1) is 16.9 Å². The lowest BCUT2D eigenvalue weighted by Crippen LogP contribution is -2.55. The molecule has 1 aliphatic carbocycles. The van der Waals surface area contributed by atoms with E-state index in [2.05, 4.69) is 0 Å². The van der Waals surface area contributed by atoms with Gasteiger partial charge in [0.15, 0.2) is 0 Å². The van der Waals surface area contributed by atoms with Crippen LogP contribution in [0.5, 0.6) is 0 Å². The molecule has 2 fully saturated rings. The molecule has 0 aromatic heterocycles. The molecule has 1 saturated carbocycles. The van der Waals surface area contributed by atoms with Gasteiger partial charge in [-0.1, -0.05) is 6.42 Å². The van der Waals surface area contributed by atoms with Crippen molar-refractivity contribution in [1.82, 2.24) is 9.79 Å². The van der Waals surface area contributed by atoms with Crippen molar-refractivity contribution in [1.29, 1.82) is 0 Å². The number of nitrogens with zero attached hydrogens (tertiary/aromatic N) is 2. The lowest BCUT2D eigenvalue weighted by atomic mass is 9.70. The molecule has 0 atom stereocenters. The minimum absolute atomic E-state index is 0.149. The van der Waals surface area contributed by atoms with E-state index in [1.165, 1.54) is 10.4 Å². The van der Waals surface area contributed by atoms with Gasteiger partial charge in [0.2, 0.25) is 10.0 Å². The van der Waals surface area contributed by atoms with Gasteiger partial charge in [-0.25, -0.2) is 22.7 Å². The first-order valence-electron chi connectivity index (χ1n) is 8.40. The molecule has 1 heterocycles. The lowest BCUT2D eigenvalue weighted by molar-refractivity contribution is -0.143. The van der Waals surface area contributed by atoms with Crippen LogP contribution in [0.2, 0.25) is 0 Å². The van der Waals surface area contributed by atoms with Crippen LogP contribution in [0.4, 0.5) is 14.5 Å². The molecule has 2 N–H and O–H groups in total. The van der Waals surface area contributed by atoms with Crippen LogP contribution in [0.1, 0.15) is 19.3 Å². The molecule has 0 radical (unpaired) electrons. The largest absolute Gasteiger partial charge is 0.367 e. The van der Waals surface area contributed by atoms with Crippen molar-refractivity contribution in [3.8, 4) is 0 Å². The summed E-state index contributed by atoms with van der Waals surface area (Å²) in [4.78, 5) is 13.5. The Kier molecular flexibility index (Phi) is 5.18. The fourth-order valence-electron chi connectivity index (χ4n) is 3.54. The summed E-state index contributed by atoms with van der Waals surface area (Å²) in [7, 11) is -3.70. The van der Waals surface area contributed by atoms with Gasteiger partial charge in [0.1, 0.15) is 11.6 Å². The predicted octanol–water partition coefficient (Wildman–Crippen LogP) is 1.09. The molecule has 1 saturated heterocycles. The standard InChI is InChI=1S/C16H21F2N3O4S/c17-12-2-3-14(13(18)10-12)20-6-8-21(9-7-20)26(24,25)11-16(4-1-5-16)15(22)19-23/h2-3,10,23H,1,4-9,11H2,(H,19,22). The number of carbonyl (C=O) groups excluding carboxylic acids is 1. The Morgan fingerprint density at radius 1 is 1.19 bits per heavy atom. The first kappa shape index (κ1) is 19.0. The molecule has 144 valence electrons. The number of halogens is 2. The average molecular weight is 389 g/mol. The number of carbonyl (C=O) groups is 1. The van der Waals surface area contributed by atoms with E-state index < -0.39 is 33.0 Å². The van der Waals surface area contributed by atoms with Crippen LogP contribution >= 0.6 is 0 Å². The molecule has 10 heteroatoms. The van der Waals surface area contributed by atoms with E-state index in [0.29, 0.717) is 12.8 Å². The van der Waals surface area contributed by atoms with Gasteiger partial charge in [-0.05, 0) is 25.0 Å². The summed E-state index contributed by atoms with van der Waals surface area (Å²) >= 11 is 0. The van der Waals surface area contributed by atoms with E-state index in [-0.39, 0.29) is 37.6 Å². The Hall–Kier alpha value is -1.78. The van der Waals surface area contributed by atoms with Crippen LogP contribution in [-0.2, 0) is 14.8 Å². The number of amides is 1. The Labute approximate surface area is 150 Å². The SMILES string of the molecule is O=C(NO)C1(CS(=O)(=O)N2CCN(c3ccc(F)cc3F)CC2)CCC1. The van der Waals surface area contributed by atoms with Gasteiger partial charge in [-0.15, -0.1) is 0 Å². The van der Waals surface area contributed by atoms with Crippen LogP contribution in [0, 0.1) is 17.0 Å². The van der Waals surface area contributed by atoms with Crippen molar-refractivity contribution < 1.29 is 27.2 Å². The van der Waals surface area contributed by atoms with E-state index in [9.17, 15) is 22.0 Å². The Balaban J connectivity index is 1.66. The molecule has 1 amide bonds. The molecule has 0 unspecified atom stereocenters. The maximum atomic E-state index is 13.9. The van der Waals surface area contributed by atoms with Gasteiger partial charge in [-0.3, -0.25) is 10.0 Å². The number of rotatable bonds is 5. The molecule has 0 spiro atoms. The zero-order valence-electron chi connectivity index (χ0n) is 14.1. The number of hydroxylamine groups is 1. The monoisotopic (exact) mass is 389 g/mol. The highest BCUT2D eigenvalue weighted by atomic mass is 32.2. The molecule has 26 heavy (non-hydrogen) atoms. The quantitative estimate of drug-likeness (QED) is 0.581. The number of sulfonamides is 1. The Bertz CT molecular complexity index is 791. The van der Waals surface area contributed by atoms with E-state index >= 15 is 0 Å². The van der Waals surface area contributed by atoms with Crippen molar-refractivity contribution in [2.75, 3.05) is 36.8 Å². The average Bonchev–Trinajstić information content (AvgIpc) is 2.58. The van der Waals surface area contributed by atoms with Crippen molar-refractivity contribution in [2.45, 2.75) is 19.3 Å². The number of benzene rings is 1. The van der Waals surface area contributed by atoms with Crippen LogP contribution in [0.25, 0.3) is 0 Å². The fourth-order valence-corrected chi connectivity index (χ4v) is 5.56. The molecule has 1 aromatic rings. The predicted molar refractivity (Wildman–Crippen MR) is 90.1 cm³/mol. The second-order valence-corrected chi connectivity index (χ2v) is 8.78. The lowest BCUT2D eigenvalue weighted by Gasteiger charge is -2.41. The van der Waals surface area contributed by atoms with Crippen molar-refractivity contribution in [2.24, 2.45) is 5.41 Å². The van der Waals surface area contributed by atoms with Crippen LogP contribution < -0.4 is 10.4 Å². The first-order valence-corrected chi connectivity index (χ1v) is 10.0. The summed E-state index contributed by atoms with van der Waals surface area (Å²) in [5, 5.41) is 8.87. The molecule has 7 nitrogen and oxygen atoms in total. The van der Waals surface area contributed by atoms with E-state index in [4.69, 9.17) is 5.21 Å². The second kappa shape index (κ2) is 7.09. The van der Waals surface area contributed by atoms with Gasteiger partial charge >= 0.3 is 0 Å². The molecule has 3 rings (SSSR count). The minimum atomic E-state index is -3.70. The highest BCUT2D eigenvalue weighted by Crippen LogP contribution is 2.42. The van der Waals surface area contributed by atoms with Gasteiger partial charge < -0.3 is 4.90 Å². The Morgan fingerprint density at radius 2 is 1.85 bits per heavy atom. The van der Waals surface area contributed by atoms with Crippen molar-refractivity contribution in [3.63, 3.8) is 0 Å². The molecule has 1 aliphatic heterocycles. The van der Waals surface area contributed by atoms with Gasteiger partial charge in [0.25, 0.3) is 5.91 Å². The highest BCUT2D eigenvalue weighted by Gasteiger charge is 2.48. The number of nitrogens with one attached hydrogen (secondary N) is 1. The number of anilines is 1. The maximum Gasteiger partial charge on any atom is 0.250 e. The summed E-state index contributed by atoms with van der Waals surface area (Å²) in [6.07, 6.45) is 1.57. The zero-order chi connectivity index (χ0) is 18.9. The third-order valence-corrected chi connectivity index (χ3v) is 7.30. The summed E-state index contributed by atoms with van der Waals surface area (Å²) in [6, 6.07) is 3.30. The molecule has 0 bridgehead atoms.